The van der Waals surface area contributed by atoms with Crippen LogP contribution in [0.3, 0.4) is 0 Å². The van der Waals surface area contributed by atoms with Gasteiger partial charge in [0.05, 0.1) is 30.8 Å². The smallest absolute Gasteiger partial charge is 0.336 e. The number of aromatic nitrogens is 2. The van der Waals surface area contributed by atoms with Crippen LogP contribution in [0.1, 0.15) is 32.3 Å². The first kappa shape index (κ1) is 20.5. The van der Waals surface area contributed by atoms with Crippen LogP contribution >= 0.6 is 0 Å². The maximum absolute atomic E-state index is 13.0. The van der Waals surface area contributed by atoms with Crippen LogP contribution in [0.2, 0.25) is 0 Å². The van der Waals surface area contributed by atoms with Gasteiger partial charge in [0, 0.05) is 18.0 Å². The quantitative estimate of drug-likeness (QED) is 0.551. The van der Waals surface area contributed by atoms with Crippen molar-refractivity contribution in [2.24, 2.45) is 0 Å². The normalized spacial score (nSPS) is 16.8. The fourth-order valence-corrected chi connectivity index (χ4v) is 3.43. The molecule has 1 aliphatic rings. The summed E-state index contributed by atoms with van der Waals surface area (Å²) in [4.78, 5) is 25.6. The van der Waals surface area contributed by atoms with Crippen molar-refractivity contribution in [2.75, 3.05) is 26.9 Å². The van der Waals surface area contributed by atoms with E-state index >= 15 is 0 Å². The molecule has 2 heterocycles. The number of esters is 2. The summed E-state index contributed by atoms with van der Waals surface area (Å²) in [6.07, 6.45) is 0. The maximum Gasteiger partial charge on any atom is 0.336 e. The van der Waals surface area contributed by atoms with Gasteiger partial charge in [-0.3, -0.25) is 0 Å². The van der Waals surface area contributed by atoms with Crippen molar-refractivity contribution in [3.63, 3.8) is 0 Å². The fraction of sp³-hybridized carbons (Fsp3) is 0.400. The minimum atomic E-state index is -0.751. The van der Waals surface area contributed by atoms with Gasteiger partial charge in [-0.05, 0) is 42.7 Å². The zero-order valence-corrected chi connectivity index (χ0v) is 16.8. The van der Waals surface area contributed by atoms with Crippen LogP contribution in [-0.2, 0) is 23.8 Å². The Hall–Kier alpha value is -3.20. The Morgan fingerprint density at radius 2 is 1.83 bits per heavy atom. The number of carbonyl (C=O) groups is 2. The molecule has 0 bridgehead atoms. The number of hydrogen-bond donors (Lipinski definition) is 1. The predicted octanol–water partition coefficient (Wildman–Crippen LogP) is 2.21. The van der Waals surface area contributed by atoms with Crippen LogP contribution in [0, 0.1) is 0 Å². The zero-order valence-electron chi connectivity index (χ0n) is 16.8. The van der Waals surface area contributed by atoms with Crippen LogP contribution in [0.4, 0.5) is 0 Å². The number of rotatable bonds is 7. The molecule has 1 aromatic heterocycles. The molecular weight excluding hydrogens is 378 g/mol. The Kier molecular flexibility index (Phi) is 6.28. The molecule has 3 rings (SSSR count). The molecule has 2 aromatic rings. The van der Waals surface area contributed by atoms with Gasteiger partial charge < -0.3 is 19.5 Å². The molecule has 29 heavy (non-hydrogen) atoms. The van der Waals surface area contributed by atoms with E-state index in [1.807, 2.05) is 6.92 Å². The highest BCUT2D eigenvalue weighted by Gasteiger charge is 2.39. The lowest BCUT2D eigenvalue weighted by Crippen LogP contribution is -2.32. The first-order valence-corrected chi connectivity index (χ1v) is 9.22. The second-order valence-corrected chi connectivity index (χ2v) is 6.44. The minimum Gasteiger partial charge on any atom is -0.466 e. The number of benzene rings is 1. The summed E-state index contributed by atoms with van der Waals surface area (Å²) in [6, 6.07) is 5.28. The van der Waals surface area contributed by atoms with Crippen molar-refractivity contribution >= 4 is 23.0 Å². The Morgan fingerprint density at radius 1 is 1.10 bits per heavy atom. The highest BCUT2D eigenvalue weighted by Crippen LogP contribution is 2.41. The molecule has 1 aromatic carbocycles. The Bertz CT molecular complexity index is 991. The lowest BCUT2D eigenvalue weighted by Gasteiger charge is -2.30. The van der Waals surface area contributed by atoms with E-state index < -0.39 is 17.9 Å². The van der Waals surface area contributed by atoms with Gasteiger partial charge in [0.1, 0.15) is 17.6 Å². The van der Waals surface area contributed by atoms with Crippen molar-refractivity contribution in [2.45, 2.75) is 26.7 Å². The van der Waals surface area contributed by atoms with Gasteiger partial charge in [0.15, 0.2) is 0 Å². The molecule has 0 amide bonds. The van der Waals surface area contributed by atoms with Gasteiger partial charge in [-0.25, -0.2) is 14.2 Å². The van der Waals surface area contributed by atoms with Crippen molar-refractivity contribution in [1.29, 1.82) is 0 Å². The van der Waals surface area contributed by atoms with E-state index in [4.69, 9.17) is 18.8 Å². The van der Waals surface area contributed by atoms with E-state index in [1.54, 1.807) is 32.0 Å². The van der Waals surface area contributed by atoms with Crippen molar-refractivity contribution in [3.8, 4) is 0 Å². The van der Waals surface area contributed by atoms with Crippen molar-refractivity contribution < 1.29 is 28.4 Å². The molecule has 154 valence electrons. The van der Waals surface area contributed by atoms with Gasteiger partial charge in [0.25, 0.3) is 0 Å². The topological polar surface area (TPSA) is 113 Å². The van der Waals surface area contributed by atoms with E-state index in [0.29, 0.717) is 45.7 Å². The summed E-state index contributed by atoms with van der Waals surface area (Å²) in [5.74, 6) is -1.86. The second-order valence-electron chi connectivity index (χ2n) is 6.44. The van der Waals surface area contributed by atoms with Gasteiger partial charge in [-0.2, -0.15) is 0 Å². The molecule has 9 heteroatoms. The molecule has 0 fully saturated rings. The maximum atomic E-state index is 13.0. The summed E-state index contributed by atoms with van der Waals surface area (Å²) in [7, 11) is 1.29. The molecular formula is C20H23N3O6. The van der Waals surface area contributed by atoms with Crippen LogP contribution < -0.4 is 5.32 Å². The molecule has 1 aliphatic heterocycles. The fourth-order valence-electron chi connectivity index (χ4n) is 3.43. The third kappa shape index (κ3) is 4.00. The van der Waals surface area contributed by atoms with Gasteiger partial charge in [-0.15, -0.1) is 0 Å². The third-order valence-electron chi connectivity index (χ3n) is 4.68. The lowest BCUT2D eigenvalue weighted by atomic mass is 9.80. The SMILES string of the molecule is CCOCCOC(=O)C1=C(C)NC(C)=C(C(=O)OC)C1c1cccc2nonc12. The molecule has 0 aliphatic carbocycles. The molecule has 1 unspecified atom stereocenters. The molecule has 1 N–H and O–H groups in total. The van der Waals surface area contributed by atoms with E-state index in [-0.39, 0.29) is 13.2 Å². The Labute approximate surface area is 167 Å². The lowest BCUT2D eigenvalue weighted by molar-refractivity contribution is -0.141. The number of dihydropyridines is 1. The molecule has 9 nitrogen and oxygen atoms in total. The molecule has 0 saturated carbocycles. The van der Waals surface area contributed by atoms with Crippen molar-refractivity contribution in [1.82, 2.24) is 15.6 Å². The number of ether oxygens (including phenoxy) is 3. The Morgan fingerprint density at radius 3 is 2.52 bits per heavy atom. The number of allylic oxidation sites excluding steroid dienone is 2. The van der Waals surface area contributed by atoms with E-state index in [0.717, 1.165) is 0 Å². The number of nitrogens with one attached hydrogen (secondary N) is 1. The summed E-state index contributed by atoms with van der Waals surface area (Å²) in [6.45, 7) is 6.28. The van der Waals surface area contributed by atoms with E-state index in [9.17, 15) is 9.59 Å². The molecule has 1 atom stereocenters. The summed E-state index contributed by atoms with van der Waals surface area (Å²) in [5, 5.41) is 10.9. The van der Waals surface area contributed by atoms with Crippen LogP contribution in [0.15, 0.2) is 45.4 Å². The van der Waals surface area contributed by atoms with Gasteiger partial charge in [-0.1, -0.05) is 12.1 Å². The number of carbonyl (C=O) groups excluding carboxylic acids is 2. The summed E-state index contributed by atoms with van der Waals surface area (Å²) >= 11 is 0. The van der Waals surface area contributed by atoms with Gasteiger partial charge in [0.2, 0.25) is 0 Å². The van der Waals surface area contributed by atoms with Crippen LogP contribution in [0.5, 0.6) is 0 Å². The summed E-state index contributed by atoms with van der Waals surface area (Å²) < 4.78 is 20.5. The number of methoxy groups -OCH3 is 1. The van der Waals surface area contributed by atoms with Crippen molar-refractivity contribution in [3.05, 3.63) is 46.3 Å². The largest absolute Gasteiger partial charge is 0.466 e. The molecule has 0 saturated heterocycles. The van der Waals surface area contributed by atoms with E-state index in [1.165, 1.54) is 7.11 Å². The summed E-state index contributed by atoms with van der Waals surface area (Å²) in [5.41, 5.74) is 3.33. The number of nitrogens with zero attached hydrogens (tertiary/aromatic N) is 2. The van der Waals surface area contributed by atoms with Gasteiger partial charge >= 0.3 is 11.9 Å². The predicted molar refractivity (Wildman–Crippen MR) is 103 cm³/mol. The first-order valence-electron chi connectivity index (χ1n) is 9.22. The second kappa shape index (κ2) is 8.87. The Balaban J connectivity index is 2.10. The average Bonchev–Trinajstić information content (AvgIpc) is 3.19. The first-order chi connectivity index (χ1) is 14.0. The number of fused-ring (bicyclic) bond motifs is 1. The zero-order chi connectivity index (χ0) is 21.0. The number of hydrogen-bond acceptors (Lipinski definition) is 9. The molecule has 0 radical (unpaired) electrons. The highest BCUT2D eigenvalue weighted by atomic mass is 16.6. The van der Waals surface area contributed by atoms with E-state index in [2.05, 4.69) is 15.6 Å². The minimum absolute atomic E-state index is 0.0993. The average molecular weight is 401 g/mol. The monoisotopic (exact) mass is 401 g/mol. The standard InChI is InChI=1S/C20H23N3O6/c1-5-27-9-10-28-20(25)16-12(3)21-11(2)15(19(24)26-4)17(16)13-7-6-8-14-18(13)23-29-22-14/h6-8,17,21H,5,9-10H2,1-4H3. The highest BCUT2D eigenvalue weighted by molar-refractivity contribution is 6.01. The van der Waals surface area contributed by atoms with Crippen LogP contribution in [0.25, 0.3) is 11.0 Å². The third-order valence-corrected chi connectivity index (χ3v) is 4.68. The molecule has 0 spiro atoms. The van der Waals surface area contributed by atoms with Crippen LogP contribution in [-0.4, -0.2) is 49.2 Å².